The van der Waals surface area contributed by atoms with Gasteiger partial charge in [0.2, 0.25) is 0 Å². The molecule has 1 N–H and O–H groups in total. The van der Waals surface area contributed by atoms with E-state index in [2.05, 4.69) is 39.8 Å². The van der Waals surface area contributed by atoms with Crippen LogP contribution in [0.3, 0.4) is 0 Å². The molecular formula is C12H21N3S. The molecule has 4 heteroatoms. The van der Waals surface area contributed by atoms with Crippen LogP contribution in [0, 0.1) is 0 Å². The zero-order valence-corrected chi connectivity index (χ0v) is 11.0. The molecule has 1 aromatic rings. The first-order chi connectivity index (χ1) is 7.83. The van der Waals surface area contributed by atoms with E-state index in [-0.39, 0.29) is 0 Å². The molecule has 2 atom stereocenters. The first-order valence-corrected chi connectivity index (χ1v) is 7.24. The van der Waals surface area contributed by atoms with Gasteiger partial charge in [0.25, 0.3) is 0 Å². The van der Waals surface area contributed by atoms with E-state index in [4.69, 9.17) is 0 Å². The van der Waals surface area contributed by atoms with Crippen LogP contribution in [0.15, 0.2) is 12.3 Å². The Morgan fingerprint density at radius 2 is 2.56 bits per heavy atom. The molecule has 1 aliphatic heterocycles. The number of hydrogen-bond donors (Lipinski definition) is 1. The Labute approximate surface area is 102 Å². The van der Waals surface area contributed by atoms with Crippen molar-refractivity contribution in [1.82, 2.24) is 15.1 Å². The molecule has 0 saturated carbocycles. The summed E-state index contributed by atoms with van der Waals surface area (Å²) in [5.41, 5.74) is 1.38. The molecule has 0 radical (unpaired) electrons. The summed E-state index contributed by atoms with van der Waals surface area (Å²) in [5, 5.41) is 7.76. The standard InChI is InChI=1S/C12H21N3S/c1-10(8-13-2)12-5-6-14-15(12)11-4-3-7-16-9-11/h5-6,10-11,13H,3-4,7-9H2,1-2H3. The maximum Gasteiger partial charge on any atom is 0.0613 e. The van der Waals surface area contributed by atoms with Crippen LogP contribution in [-0.2, 0) is 0 Å². The Morgan fingerprint density at radius 1 is 1.69 bits per heavy atom. The molecule has 2 unspecified atom stereocenters. The highest BCUT2D eigenvalue weighted by Gasteiger charge is 2.20. The van der Waals surface area contributed by atoms with Gasteiger partial charge in [-0.3, -0.25) is 4.68 Å². The minimum absolute atomic E-state index is 0.541. The monoisotopic (exact) mass is 239 g/mol. The summed E-state index contributed by atoms with van der Waals surface area (Å²) in [6, 6.07) is 2.78. The maximum atomic E-state index is 4.52. The molecule has 3 nitrogen and oxygen atoms in total. The molecule has 16 heavy (non-hydrogen) atoms. The van der Waals surface area contributed by atoms with Gasteiger partial charge in [0, 0.05) is 30.1 Å². The molecule has 0 aromatic carbocycles. The second-order valence-corrected chi connectivity index (χ2v) is 5.68. The topological polar surface area (TPSA) is 29.9 Å². The SMILES string of the molecule is CNCC(C)c1ccnn1C1CCCSC1. The van der Waals surface area contributed by atoms with E-state index in [0.29, 0.717) is 12.0 Å². The molecule has 1 saturated heterocycles. The van der Waals surface area contributed by atoms with Gasteiger partial charge in [-0.2, -0.15) is 16.9 Å². The quantitative estimate of drug-likeness (QED) is 0.874. The van der Waals surface area contributed by atoms with Crippen molar-refractivity contribution in [2.45, 2.75) is 31.7 Å². The fourth-order valence-corrected chi connectivity index (χ4v) is 3.46. The molecular weight excluding hydrogens is 218 g/mol. The Kier molecular flexibility index (Phi) is 4.29. The van der Waals surface area contributed by atoms with Gasteiger partial charge in [0.1, 0.15) is 0 Å². The van der Waals surface area contributed by atoms with Crippen molar-refractivity contribution >= 4 is 11.8 Å². The zero-order valence-electron chi connectivity index (χ0n) is 10.1. The lowest BCUT2D eigenvalue weighted by atomic mass is 10.1. The third kappa shape index (κ3) is 2.61. The fraction of sp³-hybridized carbons (Fsp3) is 0.750. The van der Waals surface area contributed by atoms with Gasteiger partial charge < -0.3 is 5.32 Å². The van der Waals surface area contributed by atoms with Crippen LogP contribution in [0.4, 0.5) is 0 Å². The average Bonchev–Trinajstić information content (AvgIpc) is 2.79. The van der Waals surface area contributed by atoms with E-state index in [1.165, 1.54) is 30.0 Å². The summed E-state index contributed by atoms with van der Waals surface area (Å²) in [6.45, 7) is 3.28. The summed E-state index contributed by atoms with van der Waals surface area (Å²) in [5.74, 6) is 3.08. The third-order valence-corrected chi connectivity index (χ3v) is 4.40. The van der Waals surface area contributed by atoms with E-state index in [1.807, 2.05) is 13.2 Å². The first kappa shape index (κ1) is 12.0. The van der Waals surface area contributed by atoms with Crippen LogP contribution in [0.2, 0.25) is 0 Å². The van der Waals surface area contributed by atoms with Crippen molar-refractivity contribution in [2.75, 3.05) is 25.1 Å². The predicted molar refractivity (Wildman–Crippen MR) is 70.2 cm³/mol. The Hall–Kier alpha value is -0.480. The largest absolute Gasteiger partial charge is 0.319 e. The summed E-state index contributed by atoms with van der Waals surface area (Å²) in [4.78, 5) is 0. The number of aromatic nitrogens is 2. The molecule has 1 aliphatic rings. The lowest BCUT2D eigenvalue weighted by Crippen LogP contribution is -2.23. The van der Waals surface area contributed by atoms with Crippen molar-refractivity contribution in [2.24, 2.45) is 0 Å². The third-order valence-electron chi connectivity index (χ3n) is 3.20. The molecule has 0 aliphatic carbocycles. The molecule has 0 spiro atoms. The number of nitrogens with zero attached hydrogens (tertiary/aromatic N) is 2. The van der Waals surface area contributed by atoms with E-state index in [0.717, 1.165) is 6.54 Å². The number of hydrogen-bond acceptors (Lipinski definition) is 3. The lowest BCUT2D eigenvalue weighted by Gasteiger charge is -2.25. The summed E-state index contributed by atoms with van der Waals surface area (Å²) >= 11 is 2.06. The van der Waals surface area contributed by atoms with Crippen LogP contribution < -0.4 is 5.32 Å². The van der Waals surface area contributed by atoms with Crippen LogP contribution in [0.25, 0.3) is 0 Å². The molecule has 2 heterocycles. The average molecular weight is 239 g/mol. The van der Waals surface area contributed by atoms with E-state index in [9.17, 15) is 0 Å². The maximum absolute atomic E-state index is 4.52. The van der Waals surface area contributed by atoms with Gasteiger partial charge in [-0.25, -0.2) is 0 Å². The molecule has 2 rings (SSSR count). The molecule has 0 bridgehead atoms. The fourth-order valence-electron chi connectivity index (χ4n) is 2.35. The van der Waals surface area contributed by atoms with Gasteiger partial charge in [0.15, 0.2) is 0 Å². The molecule has 1 fully saturated rings. The van der Waals surface area contributed by atoms with Crippen LogP contribution in [-0.4, -0.2) is 34.9 Å². The van der Waals surface area contributed by atoms with E-state index in [1.54, 1.807) is 0 Å². The minimum atomic E-state index is 0.541. The summed E-state index contributed by atoms with van der Waals surface area (Å²) in [7, 11) is 2.01. The van der Waals surface area contributed by atoms with Gasteiger partial charge in [-0.05, 0) is 31.7 Å². The van der Waals surface area contributed by atoms with Crippen LogP contribution in [0.1, 0.15) is 37.4 Å². The molecule has 1 aromatic heterocycles. The highest BCUT2D eigenvalue weighted by molar-refractivity contribution is 7.99. The molecule has 90 valence electrons. The lowest BCUT2D eigenvalue weighted by molar-refractivity contribution is 0.427. The second kappa shape index (κ2) is 5.73. The van der Waals surface area contributed by atoms with Gasteiger partial charge in [-0.1, -0.05) is 6.92 Å². The normalized spacial score (nSPS) is 23.2. The van der Waals surface area contributed by atoms with E-state index < -0.39 is 0 Å². The van der Waals surface area contributed by atoms with Crippen molar-refractivity contribution in [3.8, 4) is 0 Å². The number of thioether (sulfide) groups is 1. The van der Waals surface area contributed by atoms with Gasteiger partial charge >= 0.3 is 0 Å². The smallest absolute Gasteiger partial charge is 0.0613 e. The highest BCUT2D eigenvalue weighted by atomic mass is 32.2. The van der Waals surface area contributed by atoms with Crippen LogP contribution >= 0.6 is 11.8 Å². The minimum Gasteiger partial charge on any atom is -0.319 e. The number of likely N-dealkylation sites (N-methyl/N-ethyl adjacent to an activating group) is 1. The Bertz CT molecular complexity index is 318. The van der Waals surface area contributed by atoms with Crippen molar-refractivity contribution < 1.29 is 0 Å². The zero-order chi connectivity index (χ0) is 11.4. The molecule has 0 amide bonds. The predicted octanol–water partition coefficient (Wildman–Crippen LogP) is 2.27. The second-order valence-electron chi connectivity index (χ2n) is 4.53. The summed E-state index contributed by atoms with van der Waals surface area (Å²) in [6.07, 6.45) is 4.56. The Morgan fingerprint density at radius 3 is 3.25 bits per heavy atom. The van der Waals surface area contributed by atoms with E-state index >= 15 is 0 Å². The van der Waals surface area contributed by atoms with Crippen LogP contribution in [0.5, 0.6) is 0 Å². The summed E-state index contributed by atoms with van der Waals surface area (Å²) < 4.78 is 2.26. The highest BCUT2D eigenvalue weighted by Crippen LogP contribution is 2.29. The number of nitrogens with one attached hydrogen (secondary N) is 1. The van der Waals surface area contributed by atoms with Gasteiger partial charge in [0.05, 0.1) is 6.04 Å². The number of rotatable bonds is 4. The van der Waals surface area contributed by atoms with Gasteiger partial charge in [-0.15, -0.1) is 0 Å². The van der Waals surface area contributed by atoms with Crippen molar-refractivity contribution in [1.29, 1.82) is 0 Å². The van der Waals surface area contributed by atoms with Crippen molar-refractivity contribution in [3.63, 3.8) is 0 Å². The van der Waals surface area contributed by atoms with Crippen molar-refractivity contribution in [3.05, 3.63) is 18.0 Å². The Balaban J connectivity index is 2.11. The first-order valence-electron chi connectivity index (χ1n) is 6.08.